The monoisotopic (exact) mass is 342 g/mol. The molecule has 0 bridgehead atoms. The number of hydrogen-bond acceptors (Lipinski definition) is 3. The smallest absolute Gasteiger partial charge is 0.267 e. The molecule has 0 aliphatic heterocycles. The summed E-state index contributed by atoms with van der Waals surface area (Å²) in [5.74, 6) is -0.568. The lowest BCUT2D eigenvalue weighted by Crippen LogP contribution is -2.41. The minimum absolute atomic E-state index is 0.0444. The molecule has 4 nitrogen and oxygen atoms in total. The Morgan fingerprint density at radius 1 is 1.00 bits per heavy atom. The number of benzene rings is 1. The van der Waals surface area contributed by atoms with Crippen LogP contribution in [-0.4, -0.2) is 11.8 Å². The Bertz CT molecular complexity index is 748. The van der Waals surface area contributed by atoms with E-state index in [1.807, 2.05) is 18.2 Å². The number of nitrogens with one attached hydrogen (secondary N) is 2. The third kappa shape index (κ3) is 3.51. The van der Waals surface area contributed by atoms with Gasteiger partial charge < -0.3 is 0 Å². The molecule has 1 aromatic heterocycles. The zero-order valence-corrected chi connectivity index (χ0v) is 15.0. The van der Waals surface area contributed by atoms with Gasteiger partial charge in [0.15, 0.2) is 0 Å². The van der Waals surface area contributed by atoms with E-state index in [1.54, 1.807) is 12.1 Å². The van der Waals surface area contributed by atoms with Gasteiger partial charge in [0.1, 0.15) is 0 Å². The van der Waals surface area contributed by atoms with Crippen LogP contribution in [-0.2, 0) is 18.3 Å². The van der Waals surface area contributed by atoms with Gasteiger partial charge in [-0.3, -0.25) is 20.4 Å². The van der Waals surface area contributed by atoms with Crippen molar-refractivity contribution in [3.05, 3.63) is 56.8 Å². The number of fused-ring (bicyclic) bond motifs is 1. The molecule has 5 heteroatoms. The average Bonchev–Trinajstić information content (AvgIpc) is 3.13. The molecule has 0 spiro atoms. The van der Waals surface area contributed by atoms with Gasteiger partial charge >= 0.3 is 0 Å². The van der Waals surface area contributed by atoms with Crippen molar-refractivity contribution in [1.82, 2.24) is 10.9 Å². The van der Waals surface area contributed by atoms with Crippen molar-refractivity contribution >= 4 is 23.2 Å². The average molecular weight is 342 g/mol. The maximum Gasteiger partial charge on any atom is 0.279 e. The predicted molar refractivity (Wildman–Crippen MR) is 96.4 cm³/mol. The molecular weight excluding hydrogens is 320 g/mol. The highest BCUT2D eigenvalue weighted by molar-refractivity contribution is 7.14. The molecular formula is C19H22N2O2S. The Balaban J connectivity index is 1.59. The fourth-order valence-electron chi connectivity index (χ4n) is 2.81. The van der Waals surface area contributed by atoms with Crippen LogP contribution in [0, 0.1) is 0 Å². The number of aryl methyl sites for hydroxylation is 2. The Morgan fingerprint density at radius 3 is 2.29 bits per heavy atom. The lowest BCUT2D eigenvalue weighted by molar-refractivity contribution is 0.0849. The van der Waals surface area contributed by atoms with Crippen LogP contribution >= 0.6 is 11.3 Å². The van der Waals surface area contributed by atoms with E-state index < -0.39 is 0 Å². The third-order valence-corrected chi connectivity index (χ3v) is 5.51. The van der Waals surface area contributed by atoms with E-state index in [0.717, 1.165) is 18.4 Å². The summed E-state index contributed by atoms with van der Waals surface area (Å²) in [6.45, 7) is 6.38. The number of thiophene rings is 1. The molecule has 0 unspecified atom stereocenters. The normalized spacial score (nSPS) is 13.5. The van der Waals surface area contributed by atoms with Crippen LogP contribution in [0.3, 0.4) is 0 Å². The van der Waals surface area contributed by atoms with E-state index in [-0.39, 0.29) is 17.2 Å². The maximum atomic E-state index is 12.2. The van der Waals surface area contributed by atoms with Crippen molar-refractivity contribution in [2.75, 3.05) is 0 Å². The molecule has 0 radical (unpaired) electrons. The van der Waals surface area contributed by atoms with Crippen molar-refractivity contribution < 1.29 is 9.59 Å². The zero-order valence-electron chi connectivity index (χ0n) is 14.2. The van der Waals surface area contributed by atoms with Crippen molar-refractivity contribution in [2.45, 2.75) is 45.4 Å². The topological polar surface area (TPSA) is 58.2 Å². The Kier molecular flexibility index (Phi) is 4.45. The molecule has 2 N–H and O–H groups in total. The van der Waals surface area contributed by atoms with Crippen LogP contribution in [0.5, 0.6) is 0 Å². The summed E-state index contributed by atoms with van der Waals surface area (Å²) < 4.78 is 0. The fourth-order valence-corrected chi connectivity index (χ4v) is 3.96. The standard InChI is InChI=1S/C19H22N2O2S/c1-19(2,3)14-9-7-12(8-10-14)17(22)20-21-18(23)16-11-13-5-4-6-15(13)24-16/h7-11H,4-6H2,1-3H3,(H,20,22)(H,21,23). The summed E-state index contributed by atoms with van der Waals surface area (Å²) in [7, 11) is 0. The highest BCUT2D eigenvalue weighted by Crippen LogP contribution is 2.30. The van der Waals surface area contributed by atoms with E-state index >= 15 is 0 Å². The molecule has 24 heavy (non-hydrogen) atoms. The van der Waals surface area contributed by atoms with Gasteiger partial charge in [-0.05, 0) is 54.0 Å². The molecule has 3 rings (SSSR count). The zero-order chi connectivity index (χ0) is 17.3. The number of carbonyl (C=O) groups is 2. The number of hydrazine groups is 1. The highest BCUT2D eigenvalue weighted by Gasteiger charge is 2.19. The van der Waals surface area contributed by atoms with Gasteiger partial charge in [-0.15, -0.1) is 11.3 Å². The second-order valence-electron chi connectivity index (χ2n) is 7.15. The van der Waals surface area contributed by atoms with Gasteiger partial charge in [-0.2, -0.15) is 0 Å². The fraction of sp³-hybridized carbons (Fsp3) is 0.368. The van der Waals surface area contributed by atoms with Gasteiger partial charge in [-0.1, -0.05) is 32.9 Å². The minimum Gasteiger partial charge on any atom is -0.267 e. The number of amides is 2. The van der Waals surface area contributed by atoms with Gasteiger partial charge in [-0.25, -0.2) is 0 Å². The molecule has 0 fully saturated rings. The van der Waals surface area contributed by atoms with Gasteiger partial charge in [0, 0.05) is 10.4 Å². The first-order valence-corrected chi connectivity index (χ1v) is 8.99. The van der Waals surface area contributed by atoms with Crippen LogP contribution in [0.2, 0.25) is 0 Å². The quantitative estimate of drug-likeness (QED) is 0.819. The van der Waals surface area contributed by atoms with Gasteiger partial charge in [0.2, 0.25) is 0 Å². The summed E-state index contributed by atoms with van der Waals surface area (Å²) >= 11 is 1.52. The molecule has 0 saturated carbocycles. The Hall–Kier alpha value is -2.14. The van der Waals surface area contributed by atoms with E-state index in [9.17, 15) is 9.59 Å². The molecule has 126 valence electrons. The summed E-state index contributed by atoms with van der Waals surface area (Å²) in [6.07, 6.45) is 3.27. The lowest BCUT2D eigenvalue weighted by atomic mass is 9.87. The van der Waals surface area contributed by atoms with Gasteiger partial charge in [0.25, 0.3) is 11.8 Å². The van der Waals surface area contributed by atoms with Crippen molar-refractivity contribution in [2.24, 2.45) is 0 Å². The van der Waals surface area contributed by atoms with E-state index in [2.05, 4.69) is 31.6 Å². The minimum atomic E-state index is -0.312. The van der Waals surface area contributed by atoms with E-state index in [4.69, 9.17) is 0 Å². The van der Waals surface area contributed by atoms with E-state index in [1.165, 1.54) is 28.2 Å². The van der Waals surface area contributed by atoms with Crippen LogP contribution in [0.1, 0.15) is 63.2 Å². The number of rotatable bonds is 2. The Morgan fingerprint density at radius 2 is 1.67 bits per heavy atom. The molecule has 2 aromatic rings. The second kappa shape index (κ2) is 6.40. The molecule has 1 heterocycles. The molecule has 0 saturated heterocycles. The summed E-state index contributed by atoms with van der Waals surface area (Å²) in [4.78, 5) is 26.3. The first-order valence-electron chi connectivity index (χ1n) is 8.17. The summed E-state index contributed by atoms with van der Waals surface area (Å²) in [6, 6.07) is 9.39. The second-order valence-corrected chi connectivity index (χ2v) is 8.28. The Labute approximate surface area is 146 Å². The van der Waals surface area contributed by atoms with Gasteiger partial charge in [0.05, 0.1) is 4.88 Å². The molecule has 1 aliphatic rings. The van der Waals surface area contributed by atoms with Crippen LogP contribution in [0.4, 0.5) is 0 Å². The summed E-state index contributed by atoms with van der Waals surface area (Å²) in [5.41, 5.74) is 8.00. The molecule has 1 aromatic carbocycles. The number of hydrogen-bond donors (Lipinski definition) is 2. The van der Waals surface area contributed by atoms with Crippen LogP contribution in [0.15, 0.2) is 30.3 Å². The van der Waals surface area contributed by atoms with Crippen LogP contribution in [0.25, 0.3) is 0 Å². The van der Waals surface area contributed by atoms with Crippen molar-refractivity contribution in [1.29, 1.82) is 0 Å². The van der Waals surface area contributed by atoms with Crippen molar-refractivity contribution in [3.8, 4) is 0 Å². The predicted octanol–water partition coefficient (Wildman–Crippen LogP) is 3.61. The molecule has 2 amide bonds. The maximum absolute atomic E-state index is 12.2. The lowest BCUT2D eigenvalue weighted by Gasteiger charge is -2.19. The number of carbonyl (C=O) groups excluding carboxylic acids is 2. The molecule has 1 aliphatic carbocycles. The highest BCUT2D eigenvalue weighted by atomic mass is 32.1. The summed E-state index contributed by atoms with van der Waals surface area (Å²) in [5, 5.41) is 0. The third-order valence-electron chi connectivity index (χ3n) is 4.27. The largest absolute Gasteiger partial charge is 0.279 e. The SMILES string of the molecule is CC(C)(C)c1ccc(C(=O)NNC(=O)c2cc3c(s2)CCC3)cc1. The van der Waals surface area contributed by atoms with E-state index in [0.29, 0.717) is 10.4 Å². The van der Waals surface area contributed by atoms with Crippen LogP contribution < -0.4 is 10.9 Å². The first kappa shape index (κ1) is 16.7. The first-order chi connectivity index (χ1) is 11.3. The van der Waals surface area contributed by atoms with Crippen molar-refractivity contribution in [3.63, 3.8) is 0 Å². The molecule has 0 atom stereocenters.